The summed E-state index contributed by atoms with van der Waals surface area (Å²) in [5.41, 5.74) is 0.444. The van der Waals surface area contributed by atoms with Crippen molar-refractivity contribution in [3.05, 3.63) is 24.5 Å². The SMILES string of the molecule is C[C@]1(CNC(=O)Nc2cccnc2)CCCC[C@H]1O. The highest BCUT2D eigenvalue weighted by atomic mass is 16.3. The molecule has 1 heterocycles. The molecule has 0 aromatic carbocycles. The van der Waals surface area contributed by atoms with Gasteiger partial charge in [-0.1, -0.05) is 19.8 Å². The van der Waals surface area contributed by atoms with E-state index in [2.05, 4.69) is 15.6 Å². The predicted octanol–water partition coefficient (Wildman–Crippen LogP) is 2.14. The first-order valence-corrected chi connectivity index (χ1v) is 6.73. The number of rotatable bonds is 3. The Morgan fingerprint density at radius 1 is 1.58 bits per heavy atom. The quantitative estimate of drug-likeness (QED) is 0.782. The van der Waals surface area contributed by atoms with E-state index in [1.54, 1.807) is 24.5 Å². The maximum absolute atomic E-state index is 11.8. The molecule has 1 fully saturated rings. The van der Waals surface area contributed by atoms with Gasteiger partial charge in [0.25, 0.3) is 0 Å². The minimum atomic E-state index is -0.333. The van der Waals surface area contributed by atoms with Crippen molar-refractivity contribution in [1.82, 2.24) is 10.3 Å². The number of amides is 2. The van der Waals surface area contributed by atoms with Crippen LogP contribution in [0.4, 0.5) is 10.5 Å². The zero-order valence-corrected chi connectivity index (χ0v) is 11.2. The Morgan fingerprint density at radius 3 is 3.11 bits per heavy atom. The Morgan fingerprint density at radius 2 is 2.42 bits per heavy atom. The van der Waals surface area contributed by atoms with Crippen molar-refractivity contribution < 1.29 is 9.90 Å². The molecule has 1 aromatic heterocycles. The van der Waals surface area contributed by atoms with Crippen LogP contribution in [-0.2, 0) is 0 Å². The summed E-state index contributed by atoms with van der Waals surface area (Å²) in [7, 11) is 0. The summed E-state index contributed by atoms with van der Waals surface area (Å²) in [6, 6.07) is 3.29. The number of pyridine rings is 1. The van der Waals surface area contributed by atoms with Crippen LogP contribution in [0.2, 0.25) is 0 Å². The van der Waals surface area contributed by atoms with Gasteiger partial charge in [0.05, 0.1) is 18.0 Å². The van der Waals surface area contributed by atoms with Crippen molar-refractivity contribution in [3.63, 3.8) is 0 Å². The molecule has 5 nitrogen and oxygen atoms in total. The molecule has 2 amide bonds. The topological polar surface area (TPSA) is 74.2 Å². The van der Waals surface area contributed by atoms with Gasteiger partial charge < -0.3 is 15.7 Å². The summed E-state index contributed by atoms with van der Waals surface area (Å²) in [5.74, 6) is 0. The van der Waals surface area contributed by atoms with E-state index >= 15 is 0 Å². The summed E-state index contributed by atoms with van der Waals surface area (Å²) < 4.78 is 0. The number of carbonyl (C=O) groups excluding carboxylic acids is 1. The molecule has 1 aliphatic carbocycles. The van der Waals surface area contributed by atoms with Gasteiger partial charge in [0.1, 0.15) is 0 Å². The van der Waals surface area contributed by atoms with E-state index in [0.717, 1.165) is 25.7 Å². The van der Waals surface area contributed by atoms with Gasteiger partial charge in [-0.3, -0.25) is 4.98 Å². The number of urea groups is 1. The molecule has 5 heteroatoms. The second-order valence-electron chi connectivity index (χ2n) is 5.46. The average Bonchev–Trinajstić information content (AvgIpc) is 2.41. The molecule has 0 bridgehead atoms. The lowest BCUT2D eigenvalue weighted by Gasteiger charge is -2.38. The summed E-state index contributed by atoms with van der Waals surface area (Å²) >= 11 is 0. The number of aliphatic hydroxyl groups is 1. The maximum atomic E-state index is 11.8. The van der Waals surface area contributed by atoms with Crippen LogP contribution in [0.15, 0.2) is 24.5 Å². The van der Waals surface area contributed by atoms with Crippen LogP contribution >= 0.6 is 0 Å². The van der Waals surface area contributed by atoms with Gasteiger partial charge in [-0.2, -0.15) is 0 Å². The standard InChI is InChI=1S/C14H21N3O2/c1-14(7-3-2-6-12(14)18)10-16-13(19)17-11-5-4-8-15-9-11/h4-5,8-9,12,18H,2-3,6-7,10H2,1H3,(H2,16,17,19)/t12-,14-/m1/s1. The summed E-state index contributed by atoms with van der Waals surface area (Å²) in [6.07, 6.45) is 6.86. The highest BCUT2D eigenvalue weighted by molar-refractivity contribution is 5.88. The van der Waals surface area contributed by atoms with Crippen LogP contribution in [0.1, 0.15) is 32.6 Å². The number of aliphatic hydroxyl groups excluding tert-OH is 1. The lowest BCUT2D eigenvalue weighted by molar-refractivity contribution is 0.00333. The Hall–Kier alpha value is -1.62. The monoisotopic (exact) mass is 263 g/mol. The van der Waals surface area contributed by atoms with Crippen molar-refractivity contribution in [2.24, 2.45) is 5.41 Å². The smallest absolute Gasteiger partial charge is 0.319 e. The second kappa shape index (κ2) is 6.02. The van der Waals surface area contributed by atoms with Gasteiger partial charge in [0, 0.05) is 18.2 Å². The minimum Gasteiger partial charge on any atom is -0.392 e. The Bertz CT molecular complexity index is 424. The lowest BCUT2D eigenvalue weighted by Crippen LogP contribution is -2.46. The minimum absolute atomic E-state index is 0.218. The summed E-state index contributed by atoms with van der Waals surface area (Å²) in [4.78, 5) is 15.7. The normalized spacial score (nSPS) is 26.7. The molecule has 104 valence electrons. The number of hydrogen-bond donors (Lipinski definition) is 3. The molecule has 1 saturated carbocycles. The van der Waals surface area contributed by atoms with E-state index in [4.69, 9.17) is 0 Å². The first-order valence-electron chi connectivity index (χ1n) is 6.73. The Balaban J connectivity index is 1.83. The maximum Gasteiger partial charge on any atom is 0.319 e. The van der Waals surface area contributed by atoms with Gasteiger partial charge in [-0.25, -0.2) is 4.79 Å². The van der Waals surface area contributed by atoms with Crippen molar-refractivity contribution in [3.8, 4) is 0 Å². The van der Waals surface area contributed by atoms with E-state index < -0.39 is 0 Å². The highest BCUT2D eigenvalue weighted by Gasteiger charge is 2.35. The highest BCUT2D eigenvalue weighted by Crippen LogP contribution is 2.35. The fraction of sp³-hybridized carbons (Fsp3) is 0.571. The number of carbonyl (C=O) groups is 1. The Kier molecular flexibility index (Phi) is 4.37. The molecule has 0 saturated heterocycles. The van der Waals surface area contributed by atoms with Crippen molar-refractivity contribution in [1.29, 1.82) is 0 Å². The lowest BCUT2D eigenvalue weighted by atomic mass is 9.73. The van der Waals surface area contributed by atoms with E-state index in [0.29, 0.717) is 12.2 Å². The van der Waals surface area contributed by atoms with E-state index in [9.17, 15) is 9.90 Å². The fourth-order valence-electron chi connectivity index (χ4n) is 2.48. The molecule has 3 N–H and O–H groups in total. The van der Waals surface area contributed by atoms with E-state index in [1.165, 1.54) is 0 Å². The molecule has 2 rings (SSSR count). The van der Waals surface area contributed by atoms with Gasteiger partial charge in [-0.15, -0.1) is 0 Å². The second-order valence-corrected chi connectivity index (χ2v) is 5.46. The number of aromatic nitrogens is 1. The molecule has 0 spiro atoms. The third kappa shape index (κ3) is 3.67. The van der Waals surface area contributed by atoms with E-state index in [1.807, 2.05) is 6.92 Å². The van der Waals surface area contributed by atoms with Crippen LogP contribution in [0.3, 0.4) is 0 Å². The van der Waals surface area contributed by atoms with Crippen LogP contribution in [0.5, 0.6) is 0 Å². The van der Waals surface area contributed by atoms with Crippen molar-refractivity contribution in [2.75, 3.05) is 11.9 Å². The largest absolute Gasteiger partial charge is 0.392 e. The third-order valence-corrected chi connectivity index (χ3v) is 3.85. The van der Waals surface area contributed by atoms with E-state index in [-0.39, 0.29) is 17.6 Å². The zero-order valence-electron chi connectivity index (χ0n) is 11.2. The molecule has 0 radical (unpaired) electrons. The first kappa shape index (κ1) is 13.8. The number of anilines is 1. The van der Waals surface area contributed by atoms with Crippen LogP contribution in [-0.4, -0.2) is 28.8 Å². The van der Waals surface area contributed by atoms with Gasteiger partial charge >= 0.3 is 6.03 Å². The molecule has 0 aliphatic heterocycles. The summed E-state index contributed by atoms with van der Waals surface area (Å²) in [6.45, 7) is 2.52. The zero-order chi connectivity index (χ0) is 13.7. The van der Waals surface area contributed by atoms with Crippen molar-refractivity contribution in [2.45, 2.75) is 38.7 Å². The van der Waals surface area contributed by atoms with Crippen molar-refractivity contribution >= 4 is 11.7 Å². The van der Waals surface area contributed by atoms with Gasteiger partial charge in [0.15, 0.2) is 0 Å². The predicted molar refractivity (Wildman–Crippen MR) is 73.8 cm³/mol. The molecular formula is C14H21N3O2. The van der Waals surface area contributed by atoms with Gasteiger partial charge in [0.2, 0.25) is 0 Å². The molecular weight excluding hydrogens is 242 g/mol. The van der Waals surface area contributed by atoms with Gasteiger partial charge in [-0.05, 0) is 25.0 Å². The Labute approximate surface area is 113 Å². The first-order chi connectivity index (χ1) is 9.10. The number of nitrogens with zero attached hydrogens (tertiary/aromatic N) is 1. The molecule has 0 unspecified atom stereocenters. The fourth-order valence-corrected chi connectivity index (χ4v) is 2.48. The number of hydrogen-bond acceptors (Lipinski definition) is 3. The van der Waals surface area contributed by atoms with Crippen LogP contribution in [0, 0.1) is 5.41 Å². The third-order valence-electron chi connectivity index (χ3n) is 3.85. The molecule has 1 aromatic rings. The molecule has 2 atom stereocenters. The van der Waals surface area contributed by atoms with Crippen LogP contribution < -0.4 is 10.6 Å². The number of nitrogens with one attached hydrogen (secondary N) is 2. The summed E-state index contributed by atoms with van der Waals surface area (Å²) in [5, 5.41) is 15.6. The van der Waals surface area contributed by atoms with Crippen LogP contribution in [0.25, 0.3) is 0 Å². The average molecular weight is 263 g/mol. The molecule has 19 heavy (non-hydrogen) atoms. The molecule has 1 aliphatic rings.